The van der Waals surface area contributed by atoms with Gasteiger partial charge in [0, 0.05) is 16.8 Å². The first kappa shape index (κ1) is 10.5. The van der Waals surface area contributed by atoms with Gasteiger partial charge in [-0.15, -0.1) is 5.10 Å². The third-order valence-electron chi connectivity index (χ3n) is 3.75. The van der Waals surface area contributed by atoms with Crippen molar-refractivity contribution in [2.24, 2.45) is 5.92 Å². The molecule has 1 aromatic carbocycles. The summed E-state index contributed by atoms with van der Waals surface area (Å²) in [4.78, 5) is 0. The van der Waals surface area contributed by atoms with E-state index in [0.29, 0.717) is 6.04 Å². The van der Waals surface area contributed by atoms with Crippen LogP contribution in [-0.2, 0) is 0 Å². The molecule has 1 aliphatic rings. The van der Waals surface area contributed by atoms with E-state index in [2.05, 4.69) is 34.6 Å². The van der Waals surface area contributed by atoms with Gasteiger partial charge in [-0.25, -0.2) is 0 Å². The van der Waals surface area contributed by atoms with E-state index in [0.717, 1.165) is 17.1 Å². The number of aromatic nitrogens is 2. The van der Waals surface area contributed by atoms with Crippen LogP contribution < -0.4 is 5.32 Å². The van der Waals surface area contributed by atoms with Crippen LogP contribution in [-0.4, -0.2) is 16.2 Å². The van der Waals surface area contributed by atoms with Crippen LogP contribution in [0.3, 0.4) is 0 Å². The van der Waals surface area contributed by atoms with E-state index in [1.807, 2.05) is 18.3 Å². The van der Waals surface area contributed by atoms with Crippen molar-refractivity contribution in [1.29, 1.82) is 0 Å². The summed E-state index contributed by atoms with van der Waals surface area (Å²) in [5.41, 5.74) is 0. The van der Waals surface area contributed by atoms with Crippen molar-refractivity contribution in [2.75, 3.05) is 5.32 Å². The van der Waals surface area contributed by atoms with Gasteiger partial charge in [-0.05, 0) is 18.8 Å². The number of hydrogen-bond acceptors (Lipinski definition) is 3. The minimum absolute atomic E-state index is 0.551. The number of rotatable bonds is 2. The molecular formula is C14H17N3. The first-order valence-corrected chi connectivity index (χ1v) is 6.31. The van der Waals surface area contributed by atoms with E-state index < -0.39 is 0 Å². The maximum Gasteiger partial charge on any atom is 0.156 e. The average molecular weight is 227 g/mol. The molecule has 1 saturated carbocycles. The molecule has 0 bridgehead atoms. The molecule has 2 atom stereocenters. The average Bonchev–Trinajstić information content (AvgIpc) is 2.76. The SMILES string of the molecule is CC1CCCC1Nc1nncc2ccccc12. The second kappa shape index (κ2) is 4.32. The second-order valence-corrected chi connectivity index (χ2v) is 4.94. The molecule has 88 valence electrons. The number of anilines is 1. The minimum Gasteiger partial charge on any atom is -0.365 e. The highest BCUT2D eigenvalue weighted by Gasteiger charge is 2.23. The molecular weight excluding hydrogens is 210 g/mol. The molecule has 3 heteroatoms. The highest BCUT2D eigenvalue weighted by Crippen LogP contribution is 2.29. The Morgan fingerprint density at radius 2 is 2.12 bits per heavy atom. The smallest absolute Gasteiger partial charge is 0.156 e. The summed E-state index contributed by atoms with van der Waals surface area (Å²) in [6, 6.07) is 8.81. The Balaban J connectivity index is 1.94. The summed E-state index contributed by atoms with van der Waals surface area (Å²) in [7, 11) is 0. The maximum atomic E-state index is 4.24. The Bertz CT molecular complexity index is 518. The lowest BCUT2D eigenvalue weighted by Crippen LogP contribution is -2.22. The summed E-state index contributed by atoms with van der Waals surface area (Å²) in [6.45, 7) is 2.31. The largest absolute Gasteiger partial charge is 0.365 e. The van der Waals surface area contributed by atoms with Gasteiger partial charge in [0.15, 0.2) is 5.82 Å². The molecule has 0 aliphatic heterocycles. The van der Waals surface area contributed by atoms with Gasteiger partial charge in [-0.1, -0.05) is 37.6 Å². The van der Waals surface area contributed by atoms with Gasteiger partial charge in [0.05, 0.1) is 6.20 Å². The van der Waals surface area contributed by atoms with E-state index in [1.165, 1.54) is 24.6 Å². The monoisotopic (exact) mass is 227 g/mol. The lowest BCUT2D eigenvalue weighted by Gasteiger charge is -2.18. The third-order valence-corrected chi connectivity index (χ3v) is 3.75. The number of nitrogens with one attached hydrogen (secondary N) is 1. The topological polar surface area (TPSA) is 37.8 Å². The zero-order valence-electron chi connectivity index (χ0n) is 10.1. The fourth-order valence-corrected chi connectivity index (χ4v) is 2.67. The van der Waals surface area contributed by atoms with Crippen molar-refractivity contribution < 1.29 is 0 Å². The van der Waals surface area contributed by atoms with Crippen LogP contribution in [0.25, 0.3) is 10.8 Å². The van der Waals surface area contributed by atoms with Crippen LogP contribution in [0, 0.1) is 5.92 Å². The van der Waals surface area contributed by atoms with Crippen LogP contribution in [0.15, 0.2) is 30.5 Å². The van der Waals surface area contributed by atoms with E-state index in [1.54, 1.807) is 0 Å². The van der Waals surface area contributed by atoms with Crippen LogP contribution in [0.4, 0.5) is 5.82 Å². The minimum atomic E-state index is 0.551. The lowest BCUT2D eigenvalue weighted by atomic mass is 10.1. The second-order valence-electron chi connectivity index (χ2n) is 4.94. The molecule has 17 heavy (non-hydrogen) atoms. The molecule has 1 N–H and O–H groups in total. The Morgan fingerprint density at radius 1 is 1.24 bits per heavy atom. The first-order valence-electron chi connectivity index (χ1n) is 6.31. The van der Waals surface area contributed by atoms with E-state index in [9.17, 15) is 0 Å². The van der Waals surface area contributed by atoms with Gasteiger partial charge in [0.1, 0.15) is 0 Å². The van der Waals surface area contributed by atoms with Gasteiger partial charge in [0.2, 0.25) is 0 Å². The highest BCUT2D eigenvalue weighted by molar-refractivity contribution is 5.90. The first-order chi connectivity index (χ1) is 8.34. The molecule has 2 unspecified atom stereocenters. The Kier molecular flexibility index (Phi) is 2.67. The molecule has 0 spiro atoms. The van der Waals surface area contributed by atoms with Gasteiger partial charge in [-0.3, -0.25) is 0 Å². The van der Waals surface area contributed by atoms with Gasteiger partial charge in [0.25, 0.3) is 0 Å². The van der Waals surface area contributed by atoms with E-state index in [4.69, 9.17) is 0 Å². The van der Waals surface area contributed by atoms with Crippen molar-refractivity contribution >= 4 is 16.6 Å². The van der Waals surface area contributed by atoms with Crippen molar-refractivity contribution in [1.82, 2.24) is 10.2 Å². The molecule has 3 nitrogen and oxygen atoms in total. The fourth-order valence-electron chi connectivity index (χ4n) is 2.67. The Labute approximate surface area is 101 Å². The van der Waals surface area contributed by atoms with E-state index in [-0.39, 0.29) is 0 Å². The molecule has 1 fully saturated rings. The standard InChI is InChI=1S/C14H17N3/c1-10-5-4-8-13(10)16-14-12-7-3-2-6-11(12)9-15-17-14/h2-3,6-7,9-10,13H,4-5,8H2,1H3,(H,16,17). The number of fused-ring (bicyclic) bond motifs is 1. The quantitative estimate of drug-likeness (QED) is 0.856. The third kappa shape index (κ3) is 1.97. The molecule has 0 saturated heterocycles. The van der Waals surface area contributed by atoms with Gasteiger partial charge in [-0.2, -0.15) is 5.10 Å². The summed E-state index contributed by atoms with van der Waals surface area (Å²) in [6.07, 6.45) is 5.69. The molecule has 0 radical (unpaired) electrons. The molecule has 0 amide bonds. The number of benzene rings is 1. The molecule has 2 aromatic rings. The zero-order valence-corrected chi connectivity index (χ0v) is 10.1. The summed E-state index contributed by atoms with van der Waals surface area (Å²) >= 11 is 0. The maximum absolute atomic E-state index is 4.24. The number of nitrogens with zero attached hydrogens (tertiary/aromatic N) is 2. The number of hydrogen-bond donors (Lipinski definition) is 1. The molecule has 1 heterocycles. The predicted molar refractivity (Wildman–Crippen MR) is 70.0 cm³/mol. The predicted octanol–water partition coefficient (Wildman–Crippen LogP) is 3.23. The van der Waals surface area contributed by atoms with Gasteiger partial charge < -0.3 is 5.32 Å². The molecule has 1 aromatic heterocycles. The summed E-state index contributed by atoms with van der Waals surface area (Å²) in [5, 5.41) is 14.2. The Morgan fingerprint density at radius 3 is 2.94 bits per heavy atom. The van der Waals surface area contributed by atoms with Gasteiger partial charge >= 0.3 is 0 Å². The molecule has 1 aliphatic carbocycles. The van der Waals surface area contributed by atoms with Crippen LogP contribution in [0.5, 0.6) is 0 Å². The van der Waals surface area contributed by atoms with Crippen LogP contribution in [0.2, 0.25) is 0 Å². The zero-order chi connectivity index (χ0) is 11.7. The Hall–Kier alpha value is -1.64. The van der Waals surface area contributed by atoms with Crippen molar-refractivity contribution in [2.45, 2.75) is 32.2 Å². The van der Waals surface area contributed by atoms with Crippen molar-refractivity contribution in [3.63, 3.8) is 0 Å². The highest BCUT2D eigenvalue weighted by atomic mass is 15.2. The van der Waals surface area contributed by atoms with E-state index >= 15 is 0 Å². The van der Waals surface area contributed by atoms with Crippen molar-refractivity contribution in [3.8, 4) is 0 Å². The summed E-state index contributed by atoms with van der Waals surface area (Å²) < 4.78 is 0. The molecule has 3 rings (SSSR count). The van der Waals surface area contributed by atoms with Crippen molar-refractivity contribution in [3.05, 3.63) is 30.5 Å². The summed E-state index contributed by atoms with van der Waals surface area (Å²) in [5.74, 6) is 1.66. The lowest BCUT2D eigenvalue weighted by molar-refractivity contribution is 0.554. The normalized spacial score (nSPS) is 24.1. The fraction of sp³-hybridized carbons (Fsp3) is 0.429. The van der Waals surface area contributed by atoms with Crippen LogP contribution in [0.1, 0.15) is 26.2 Å². The van der Waals surface area contributed by atoms with Crippen LogP contribution >= 0.6 is 0 Å².